The minimum Gasteiger partial charge on any atom is -0.361 e. The highest BCUT2D eigenvalue weighted by Gasteiger charge is 2.21. The van der Waals surface area contributed by atoms with E-state index < -0.39 is 0 Å². The van der Waals surface area contributed by atoms with Crippen LogP contribution in [-0.4, -0.2) is 23.2 Å². The average molecular weight is 245 g/mol. The summed E-state index contributed by atoms with van der Waals surface area (Å²) >= 11 is 7.47. The number of ketones is 1. The van der Waals surface area contributed by atoms with Crippen LogP contribution >= 0.6 is 23.1 Å². The van der Waals surface area contributed by atoms with Crippen LogP contribution in [0.3, 0.4) is 0 Å². The summed E-state index contributed by atoms with van der Waals surface area (Å²) in [5.74, 6) is -0.0560. The van der Waals surface area contributed by atoms with Gasteiger partial charge in [-0.05, 0) is 30.8 Å². The monoisotopic (exact) mass is 244 g/mol. The lowest BCUT2D eigenvalue weighted by molar-refractivity contribution is 0.101. The Balaban J connectivity index is 2.24. The van der Waals surface area contributed by atoms with Gasteiger partial charge in [0.05, 0.1) is 0 Å². The number of carbonyl (C=O) groups is 1. The predicted molar refractivity (Wildman–Crippen MR) is 63.2 cm³/mol. The molecule has 2 heterocycles. The van der Waals surface area contributed by atoms with Crippen LogP contribution in [0, 0.1) is 0 Å². The lowest BCUT2D eigenvalue weighted by Crippen LogP contribution is -2.28. The summed E-state index contributed by atoms with van der Waals surface area (Å²) in [5.41, 5.74) is 0.419. The van der Waals surface area contributed by atoms with Crippen molar-refractivity contribution in [2.45, 2.75) is 26.2 Å². The van der Waals surface area contributed by atoms with Gasteiger partial charge in [-0.25, -0.2) is 0 Å². The molecular weight excluding hydrogens is 232 g/mol. The molecule has 82 valence electrons. The summed E-state index contributed by atoms with van der Waals surface area (Å²) in [6.45, 7) is 3.55. The van der Waals surface area contributed by atoms with Crippen LogP contribution in [0.2, 0.25) is 5.02 Å². The Bertz CT molecular complexity index is 371. The van der Waals surface area contributed by atoms with Crippen LogP contribution in [0.5, 0.6) is 0 Å². The molecule has 3 nitrogen and oxygen atoms in total. The number of nitrogens with zero attached hydrogens (tertiary/aromatic N) is 2. The minimum absolute atomic E-state index is 0.0560. The zero-order valence-electron chi connectivity index (χ0n) is 8.62. The zero-order chi connectivity index (χ0) is 10.8. The van der Waals surface area contributed by atoms with E-state index in [1.165, 1.54) is 37.7 Å². The zero-order valence-corrected chi connectivity index (χ0v) is 10.2. The Morgan fingerprint density at radius 3 is 2.60 bits per heavy atom. The molecule has 1 aromatic rings. The van der Waals surface area contributed by atoms with E-state index in [9.17, 15) is 4.79 Å². The third-order valence-corrected chi connectivity index (χ3v) is 3.98. The molecular formula is C10H13ClN2OS. The molecule has 0 amide bonds. The molecule has 0 aliphatic carbocycles. The predicted octanol–water partition coefficient (Wildman–Crippen LogP) is 2.99. The summed E-state index contributed by atoms with van der Waals surface area (Å²) < 4.78 is 4.11. The number of Topliss-reactive ketones (excluding diaryl/α,β-unsaturated/α-hetero) is 1. The molecule has 1 fully saturated rings. The second kappa shape index (κ2) is 4.49. The van der Waals surface area contributed by atoms with E-state index in [1.54, 1.807) is 0 Å². The standard InChI is InChI=1S/C10H13ClN2OS/c1-7(14)9-8(11)10(15-12-9)13-5-3-2-4-6-13/h2-6H2,1H3. The molecule has 1 aliphatic rings. The van der Waals surface area contributed by atoms with Gasteiger partial charge >= 0.3 is 0 Å². The van der Waals surface area contributed by atoms with E-state index in [2.05, 4.69) is 9.27 Å². The van der Waals surface area contributed by atoms with Gasteiger partial charge in [-0.3, -0.25) is 4.79 Å². The molecule has 0 bridgehead atoms. The van der Waals surface area contributed by atoms with Crippen molar-refractivity contribution < 1.29 is 4.79 Å². The number of carbonyl (C=O) groups excluding carboxylic acids is 1. The normalized spacial score (nSPS) is 16.8. The first kappa shape index (κ1) is 10.9. The third kappa shape index (κ3) is 2.16. The van der Waals surface area contributed by atoms with E-state index in [0.717, 1.165) is 18.1 Å². The van der Waals surface area contributed by atoms with Gasteiger partial charge < -0.3 is 4.90 Å². The Morgan fingerprint density at radius 2 is 2.07 bits per heavy atom. The van der Waals surface area contributed by atoms with E-state index >= 15 is 0 Å². The van der Waals surface area contributed by atoms with Crippen LogP contribution in [-0.2, 0) is 0 Å². The molecule has 0 saturated carbocycles. The van der Waals surface area contributed by atoms with Gasteiger partial charge in [-0.15, -0.1) is 0 Å². The number of rotatable bonds is 2. The first-order valence-corrected chi connectivity index (χ1v) is 6.26. The van der Waals surface area contributed by atoms with Crippen molar-refractivity contribution in [2.24, 2.45) is 0 Å². The van der Waals surface area contributed by atoms with Crippen LogP contribution < -0.4 is 4.90 Å². The highest BCUT2D eigenvalue weighted by atomic mass is 35.5. The molecule has 0 aromatic carbocycles. The summed E-state index contributed by atoms with van der Waals surface area (Å²) in [7, 11) is 0. The van der Waals surface area contributed by atoms with E-state index in [4.69, 9.17) is 11.6 Å². The summed E-state index contributed by atoms with van der Waals surface area (Å²) in [6.07, 6.45) is 3.68. The molecule has 0 unspecified atom stereocenters. The highest BCUT2D eigenvalue weighted by molar-refractivity contribution is 7.11. The molecule has 0 spiro atoms. The van der Waals surface area contributed by atoms with Crippen molar-refractivity contribution in [1.82, 2.24) is 4.37 Å². The van der Waals surface area contributed by atoms with Crippen molar-refractivity contribution in [3.8, 4) is 0 Å². The Labute approximate surface area is 98.2 Å². The maximum Gasteiger partial charge on any atom is 0.180 e. The fourth-order valence-corrected chi connectivity index (χ4v) is 3.10. The molecule has 1 aromatic heterocycles. The molecule has 5 heteroatoms. The quantitative estimate of drug-likeness (QED) is 0.750. The maximum atomic E-state index is 11.2. The highest BCUT2D eigenvalue weighted by Crippen LogP contribution is 2.35. The van der Waals surface area contributed by atoms with Crippen molar-refractivity contribution in [2.75, 3.05) is 18.0 Å². The van der Waals surface area contributed by atoms with E-state index in [0.29, 0.717) is 10.7 Å². The van der Waals surface area contributed by atoms with Gasteiger partial charge in [0, 0.05) is 20.0 Å². The lowest BCUT2D eigenvalue weighted by Gasteiger charge is -2.27. The second-order valence-electron chi connectivity index (χ2n) is 3.75. The number of anilines is 1. The number of hydrogen-bond donors (Lipinski definition) is 0. The largest absolute Gasteiger partial charge is 0.361 e. The number of halogens is 1. The summed E-state index contributed by atoms with van der Waals surface area (Å²) in [4.78, 5) is 13.4. The topological polar surface area (TPSA) is 33.2 Å². The van der Waals surface area contributed by atoms with Crippen LogP contribution in [0.1, 0.15) is 36.7 Å². The van der Waals surface area contributed by atoms with Gasteiger partial charge in [-0.2, -0.15) is 4.37 Å². The van der Waals surface area contributed by atoms with Crippen molar-refractivity contribution in [3.63, 3.8) is 0 Å². The summed E-state index contributed by atoms with van der Waals surface area (Å²) in [6, 6.07) is 0. The molecule has 2 rings (SSSR count). The second-order valence-corrected chi connectivity index (χ2v) is 4.88. The van der Waals surface area contributed by atoms with Crippen molar-refractivity contribution in [1.29, 1.82) is 0 Å². The van der Waals surface area contributed by atoms with Gasteiger partial charge in [0.2, 0.25) is 0 Å². The molecule has 0 radical (unpaired) electrons. The molecule has 1 aliphatic heterocycles. The Morgan fingerprint density at radius 1 is 1.40 bits per heavy atom. The van der Waals surface area contributed by atoms with Gasteiger partial charge in [0.25, 0.3) is 0 Å². The van der Waals surface area contributed by atoms with Gasteiger partial charge in [-0.1, -0.05) is 11.6 Å². The first-order chi connectivity index (χ1) is 7.20. The minimum atomic E-state index is -0.0560. The number of hydrogen-bond acceptors (Lipinski definition) is 4. The Kier molecular flexibility index (Phi) is 3.26. The van der Waals surface area contributed by atoms with Gasteiger partial charge in [0.15, 0.2) is 5.78 Å². The van der Waals surface area contributed by atoms with Crippen LogP contribution in [0.4, 0.5) is 5.00 Å². The van der Waals surface area contributed by atoms with Crippen LogP contribution in [0.15, 0.2) is 0 Å². The number of aromatic nitrogens is 1. The number of piperidine rings is 1. The fraction of sp³-hybridized carbons (Fsp3) is 0.600. The van der Waals surface area contributed by atoms with Crippen molar-refractivity contribution >= 4 is 33.9 Å². The van der Waals surface area contributed by atoms with Crippen LogP contribution in [0.25, 0.3) is 0 Å². The summed E-state index contributed by atoms with van der Waals surface area (Å²) in [5, 5.41) is 1.50. The smallest absolute Gasteiger partial charge is 0.180 e. The van der Waals surface area contributed by atoms with E-state index in [1.807, 2.05) is 0 Å². The lowest BCUT2D eigenvalue weighted by atomic mass is 10.1. The molecule has 0 N–H and O–H groups in total. The first-order valence-electron chi connectivity index (χ1n) is 5.11. The van der Waals surface area contributed by atoms with E-state index in [-0.39, 0.29) is 5.78 Å². The molecule has 15 heavy (non-hydrogen) atoms. The SMILES string of the molecule is CC(=O)c1nsc(N2CCCCC2)c1Cl. The Hall–Kier alpha value is -0.610. The fourth-order valence-electron chi connectivity index (χ4n) is 1.78. The van der Waals surface area contributed by atoms with Gasteiger partial charge in [0.1, 0.15) is 15.7 Å². The molecule has 0 atom stereocenters. The average Bonchev–Trinajstić information content (AvgIpc) is 2.61. The maximum absolute atomic E-state index is 11.2. The third-order valence-electron chi connectivity index (χ3n) is 2.60. The van der Waals surface area contributed by atoms with Crippen molar-refractivity contribution in [3.05, 3.63) is 10.7 Å². The molecule has 1 saturated heterocycles.